The number of nitrogens with two attached hydrogens (primary N) is 1. The molecule has 0 spiro atoms. The highest BCUT2D eigenvalue weighted by molar-refractivity contribution is 5.92. The number of halogens is 2. The average molecular weight is 565 g/mol. The number of Topliss-reactive ketones (excluding diaryl/α,β-unsaturated/α-hetero) is 1. The molecule has 9 heteroatoms. The van der Waals surface area contributed by atoms with Crippen LogP contribution in [0.2, 0.25) is 0 Å². The van der Waals surface area contributed by atoms with E-state index in [9.17, 15) is 9.18 Å². The van der Waals surface area contributed by atoms with Crippen molar-refractivity contribution >= 4 is 22.9 Å². The first-order valence-electron chi connectivity index (χ1n) is 14.2. The molecule has 0 saturated carbocycles. The molecule has 0 bridgehead atoms. The third-order valence-electron chi connectivity index (χ3n) is 7.32. The van der Waals surface area contributed by atoms with Gasteiger partial charge >= 0.3 is 0 Å². The third-order valence-corrected chi connectivity index (χ3v) is 7.32. The van der Waals surface area contributed by atoms with Crippen LogP contribution in [0.3, 0.4) is 0 Å². The Kier molecular flexibility index (Phi) is 11.4. The van der Waals surface area contributed by atoms with Gasteiger partial charge in [-0.2, -0.15) is 5.26 Å². The molecule has 4 rings (SSSR count). The maximum atomic E-state index is 15.3. The Bertz CT molecular complexity index is 1310. The Balaban J connectivity index is 0.000000397. The van der Waals surface area contributed by atoms with E-state index in [2.05, 4.69) is 24.1 Å². The second-order valence-electron chi connectivity index (χ2n) is 10.8. The molecule has 41 heavy (non-hydrogen) atoms. The minimum Gasteiger partial charge on any atom is -0.402 e. The van der Waals surface area contributed by atoms with Gasteiger partial charge in [-0.15, -0.1) is 0 Å². The number of carbonyl (C=O) groups is 1. The first-order chi connectivity index (χ1) is 19.6. The zero-order valence-electron chi connectivity index (χ0n) is 24.8. The zero-order chi connectivity index (χ0) is 30.1. The van der Waals surface area contributed by atoms with E-state index in [1.807, 2.05) is 19.1 Å². The van der Waals surface area contributed by atoms with Crippen LogP contribution in [-0.4, -0.2) is 50.1 Å². The predicted molar refractivity (Wildman–Crippen MR) is 162 cm³/mol. The molecule has 7 nitrogen and oxygen atoms in total. The molecule has 3 N–H and O–H groups in total. The number of hydrogen-bond donors (Lipinski definition) is 2. The number of hydrazine groups is 1. The van der Waals surface area contributed by atoms with E-state index in [0.29, 0.717) is 11.3 Å². The highest BCUT2D eigenvalue weighted by atomic mass is 19.1. The van der Waals surface area contributed by atoms with Gasteiger partial charge in [-0.1, -0.05) is 32.4 Å². The number of nitrogens with one attached hydrogen (secondary N) is 1. The minimum atomic E-state index is -0.663. The van der Waals surface area contributed by atoms with Gasteiger partial charge in [-0.05, 0) is 69.0 Å². The molecule has 220 valence electrons. The predicted octanol–water partition coefficient (Wildman–Crippen LogP) is 5.59. The Morgan fingerprint density at radius 3 is 2.44 bits per heavy atom. The van der Waals surface area contributed by atoms with E-state index in [1.165, 1.54) is 38.0 Å². The van der Waals surface area contributed by atoms with E-state index < -0.39 is 17.7 Å². The molecular formula is C32H42F2N6O. The molecule has 1 fully saturated rings. The van der Waals surface area contributed by atoms with Gasteiger partial charge < -0.3 is 16.0 Å². The van der Waals surface area contributed by atoms with Crippen molar-refractivity contribution in [3.05, 3.63) is 77.0 Å². The second kappa shape index (κ2) is 14.8. The Hall–Kier alpha value is -3.74. The van der Waals surface area contributed by atoms with Gasteiger partial charge in [0.25, 0.3) is 0 Å². The average Bonchev–Trinajstić information content (AvgIpc) is 3.30. The van der Waals surface area contributed by atoms with Gasteiger partial charge in [0.2, 0.25) is 0 Å². The normalized spacial score (nSPS) is 17.7. The van der Waals surface area contributed by atoms with Crippen LogP contribution < -0.4 is 21.0 Å². The summed E-state index contributed by atoms with van der Waals surface area (Å²) in [6.45, 7) is 11.2. The monoisotopic (exact) mass is 564 g/mol. The number of carbonyl (C=O) groups excluding carboxylic acids is 1. The first-order valence-corrected chi connectivity index (χ1v) is 14.2. The molecule has 2 aromatic carbocycles. The van der Waals surface area contributed by atoms with E-state index in [0.717, 1.165) is 49.9 Å². The van der Waals surface area contributed by atoms with E-state index in [1.54, 1.807) is 41.3 Å². The molecule has 2 aliphatic rings. The number of hydrogen-bond acceptors (Lipinski definition) is 7. The zero-order valence-corrected chi connectivity index (χ0v) is 24.8. The number of benzene rings is 2. The number of ketones is 1. The fourth-order valence-corrected chi connectivity index (χ4v) is 4.93. The molecule has 2 aromatic rings. The molecule has 1 unspecified atom stereocenters. The van der Waals surface area contributed by atoms with Crippen LogP contribution in [0.4, 0.5) is 20.2 Å². The topological polar surface area (TPSA) is 88.6 Å². The lowest BCUT2D eigenvalue weighted by Crippen LogP contribution is -2.44. The van der Waals surface area contributed by atoms with Gasteiger partial charge in [-0.25, -0.2) is 13.8 Å². The Morgan fingerprint density at radius 2 is 1.88 bits per heavy atom. The van der Waals surface area contributed by atoms with Crippen LogP contribution in [0.15, 0.2) is 54.2 Å². The summed E-state index contributed by atoms with van der Waals surface area (Å²) in [5.41, 5.74) is 8.58. The molecule has 1 saturated heterocycles. The SMILES string of the molecule is C/C=C(/N)CCCC(C)C.CC(=O)C1C=C(c2ccc(C#N)c(F)c2)N(c2ccc(N3CCNCC3)cc2F)N1C. The maximum Gasteiger partial charge on any atom is 0.152 e. The number of anilines is 2. The van der Waals surface area contributed by atoms with Gasteiger partial charge in [-0.3, -0.25) is 9.80 Å². The number of nitriles is 1. The van der Waals surface area contributed by atoms with Crippen LogP contribution in [0.5, 0.6) is 0 Å². The first kappa shape index (κ1) is 31.8. The molecule has 0 aliphatic carbocycles. The largest absolute Gasteiger partial charge is 0.402 e. The van der Waals surface area contributed by atoms with Crippen LogP contribution in [0, 0.1) is 28.9 Å². The summed E-state index contributed by atoms with van der Waals surface area (Å²) in [5.74, 6) is -0.407. The number of likely N-dealkylation sites (N-methyl/N-ethyl adjacent to an activating group) is 1. The minimum absolute atomic E-state index is 0.0723. The molecule has 0 aromatic heterocycles. The fourth-order valence-electron chi connectivity index (χ4n) is 4.93. The van der Waals surface area contributed by atoms with E-state index in [-0.39, 0.29) is 17.0 Å². The van der Waals surface area contributed by atoms with Crippen molar-refractivity contribution < 1.29 is 13.6 Å². The third kappa shape index (κ3) is 8.15. The highest BCUT2D eigenvalue weighted by Gasteiger charge is 2.35. The summed E-state index contributed by atoms with van der Waals surface area (Å²) < 4.78 is 29.6. The van der Waals surface area contributed by atoms with Crippen molar-refractivity contribution in [3.63, 3.8) is 0 Å². The van der Waals surface area contributed by atoms with Crippen LogP contribution in [0.25, 0.3) is 5.70 Å². The van der Waals surface area contributed by atoms with Crippen molar-refractivity contribution in [1.29, 1.82) is 5.26 Å². The lowest BCUT2D eigenvalue weighted by Gasteiger charge is -2.33. The molecule has 2 heterocycles. The van der Waals surface area contributed by atoms with E-state index >= 15 is 4.39 Å². The number of piperazine rings is 1. The summed E-state index contributed by atoms with van der Waals surface area (Å²) in [5, 5.41) is 15.5. The molecular weight excluding hydrogens is 522 g/mol. The summed E-state index contributed by atoms with van der Waals surface area (Å²) in [6.07, 6.45) is 7.25. The van der Waals surface area contributed by atoms with Crippen LogP contribution >= 0.6 is 0 Å². The lowest BCUT2D eigenvalue weighted by atomic mass is 10.1. The summed E-state index contributed by atoms with van der Waals surface area (Å²) in [6, 6.07) is 10.4. The second-order valence-corrected chi connectivity index (χ2v) is 10.8. The molecule has 0 amide bonds. The van der Waals surface area contributed by atoms with Gasteiger partial charge in [0.05, 0.1) is 16.9 Å². The lowest BCUT2D eigenvalue weighted by molar-refractivity contribution is -0.119. The Morgan fingerprint density at radius 1 is 1.17 bits per heavy atom. The Labute approximate surface area is 242 Å². The van der Waals surface area contributed by atoms with Crippen molar-refractivity contribution in [2.45, 2.75) is 53.0 Å². The number of nitrogens with zero attached hydrogens (tertiary/aromatic N) is 4. The molecule has 0 radical (unpaired) electrons. The maximum absolute atomic E-state index is 15.3. The smallest absolute Gasteiger partial charge is 0.152 e. The van der Waals surface area contributed by atoms with Crippen LogP contribution in [0.1, 0.15) is 58.1 Å². The summed E-state index contributed by atoms with van der Waals surface area (Å²) in [4.78, 5) is 14.3. The molecule has 2 aliphatic heterocycles. The van der Waals surface area contributed by atoms with Crippen molar-refractivity contribution in [2.75, 3.05) is 43.1 Å². The number of rotatable bonds is 8. The standard InChI is InChI=1S/C23H23F2N5O.C9H19N/c1-15(31)22-13-23(16-3-4-17(14-26)19(24)11-16)30(28(22)2)21-6-5-18(12-20(21)25)29-9-7-27-8-10-29;1-4-9(10)7-5-6-8(2)3/h3-6,11-13,22,27H,7-10H2,1-2H3;4,8H,5-7,10H2,1-3H3/b;9-4+. The van der Waals surface area contributed by atoms with Crippen molar-refractivity contribution in [3.8, 4) is 6.07 Å². The summed E-state index contributed by atoms with van der Waals surface area (Å²) >= 11 is 0. The number of allylic oxidation sites excluding steroid dienone is 2. The van der Waals surface area contributed by atoms with Gasteiger partial charge in [0, 0.05) is 50.2 Å². The summed E-state index contributed by atoms with van der Waals surface area (Å²) in [7, 11) is 1.69. The molecule has 1 atom stereocenters. The van der Waals surface area contributed by atoms with Crippen molar-refractivity contribution in [2.24, 2.45) is 11.7 Å². The van der Waals surface area contributed by atoms with Crippen LogP contribution in [-0.2, 0) is 4.79 Å². The quantitative estimate of drug-likeness (QED) is 0.432. The fraction of sp³-hybridized carbons (Fsp3) is 0.438. The van der Waals surface area contributed by atoms with Crippen molar-refractivity contribution in [1.82, 2.24) is 10.3 Å². The highest BCUT2D eigenvalue weighted by Crippen LogP contribution is 2.37. The van der Waals surface area contributed by atoms with Gasteiger partial charge in [0.15, 0.2) is 5.78 Å². The van der Waals surface area contributed by atoms with Gasteiger partial charge in [0.1, 0.15) is 23.7 Å². The van der Waals surface area contributed by atoms with E-state index in [4.69, 9.17) is 11.0 Å².